The smallest absolute Gasteiger partial charge is 0.261 e. The molecule has 6 heteroatoms. The van der Waals surface area contributed by atoms with Gasteiger partial charge in [0.1, 0.15) is 0 Å². The van der Waals surface area contributed by atoms with Crippen molar-refractivity contribution >= 4 is 33.2 Å². The SMILES string of the molecule is O=C(NCC1(O)CCOCC1)c1ccc(Br)s1. The van der Waals surface area contributed by atoms with E-state index < -0.39 is 5.60 Å². The fourth-order valence-electron chi connectivity index (χ4n) is 1.70. The van der Waals surface area contributed by atoms with Crippen molar-refractivity contribution < 1.29 is 14.6 Å². The Morgan fingerprint density at radius 3 is 2.82 bits per heavy atom. The van der Waals surface area contributed by atoms with Crippen molar-refractivity contribution in [3.8, 4) is 0 Å². The van der Waals surface area contributed by atoms with E-state index >= 15 is 0 Å². The van der Waals surface area contributed by atoms with Gasteiger partial charge in [-0.1, -0.05) is 0 Å². The van der Waals surface area contributed by atoms with Crippen molar-refractivity contribution in [3.05, 3.63) is 20.8 Å². The second kappa shape index (κ2) is 5.48. The second-order valence-corrected chi connectivity index (χ2v) is 6.59. The van der Waals surface area contributed by atoms with Gasteiger partial charge in [-0.15, -0.1) is 11.3 Å². The van der Waals surface area contributed by atoms with Crippen molar-refractivity contribution in [3.63, 3.8) is 0 Å². The summed E-state index contributed by atoms with van der Waals surface area (Å²) in [5, 5.41) is 12.9. The molecule has 2 heterocycles. The molecule has 1 fully saturated rings. The molecule has 4 nitrogen and oxygen atoms in total. The van der Waals surface area contributed by atoms with Gasteiger partial charge < -0.3 is 15.2 Å². The maximum absolute atomic E-state index is 11.8. The van der Waals surface area contributed by atoms with Gasteiger partial charge in [0.15, 0.2) is 0 Å². The van der Waals surface area contributed by atoms with Gasteiger partial charge in [-0.3, -0.25) is 4.79 Å². The Hall–Kier alpha value is -0.430. The van der Waals surface area contributed by atoms with Crippen molar-refractivity contribution in [1.82, 2.24) is 5.32 Å². The van der Waals surface area contributed by atoms with Crippen LogP contribution in [0.25, 0.3) is 0 Å². The maximum atomic E-state index is 11.8. The number of hydrogen-bond donors (Lipinski definition) is 2. The number of thiophene rings is 1. The Morgan fingerprint density at radius 1 is 1.53 bits per heavy atom. The molecule has 2 rings (SSSR count). The van der Waals surface area contributed by atoms with Gasteiger partial charge in [-0.05, 0) is 28.1 Å². The average molecular weight is 320 g/mol. The molecule has 1 aromatic rings. The summed E-state index contributed by atoms with van der Waals surface area (Å²) in [4.78, 5) is 12.4. The zero-order valence-corrected chi connectivity index (χ0v) is 11.6. The highest BCUT2D eigenvalue weighted by Crippen LogP contribution is 2.23. The minimum Gasteiger partial charge on any atom is -0.388 e. The van der Waals surface area contributed by atoms with Crippen LogP contribution in [0.2, 0.25) is 0 Å². The lowest BCUT2D eigenvalue weighted by molar-refractivity contribution is -0.0605. The summed E-state index contributed by atoms with van der Waals surface area (Å²) >= 11 is 4.69. The predicted molar refractivity (Wildman–Crippen MR) is 69.4 cm³/mol. The Labute approximate surface area is 112 Å². The van der Waals surface area contributed by atoms with Crippen LogP contribution in [0.4, 0.5) is 0 Å². The van der Waals surface area contributed by atoms with Crippen LogP contribution in [0.15, 0.2) is 15.9 Å². The van der Waals surface area contributed by atoms with Crippen LogP contribution < -0.4 is 5.32 Å². The maximum Gasteiger partial charge on any atom is 0.261 e. The van der Waals surface area contributed by atoms with Crippen LogP contribution in [-0.2, 0) is 4.74 Å². The highest BCUT2D eigenvalue weighted by atomic mass is 79.9. The number of carbonyl (C=O) groups is 1. The molecule has 0 atom stereocenters. The fraction of sp³-hybridized carbons (Fsp3) is 0.545. The Bertz CT molecular complexity index is 401. The van der Waals surface area contributed by atoms with Crippen LogP contribution in [0.5, 0.6) is 0 Å². The number of hydrogen-bond acceptors (Lipinski definition) is 4. The fourth-order valence-corrected chi connectivity index (χ4v) is 3.00. The number of aliphatic hydroxyl groups is 1. The van der Waals surface area contributed by atoms with E-state index in [1.54, 1.807) is 6.07 Å². The summed E-state index contributed by atoms with van der Waals surface area (Å²) in [6.45, 7) is 1.39. The third-order valence-electron chi connectivity index (χ3n) is 2.80. The van der Waals surface area contributed by atoms with Gasteiger partial charge in [0.2, 0.25) is 0 Å². The largest absolute Gasteiger partial charge is 0.388 e. The molecule has 0 bridgehead atoms. The molecule has 1 saturated heterocycles. The molecular formula is C11H14BrNO3S. The predicted octanol–water partition coefficient (Wildman–Crippen LogP) is 1.78. The molecule has 0 saturated carbocycles. The van der Waals surface area contributed by atoms with Gasteiger partial charge in [-0.25, -0.2) is 0 Å². The molecule has 0 unspecified atom stereocenters. The minimum atomic E-state index is -0.817. The van der Waals surface area contributed by atoms with Crippen LogP contribution in [0, 0.1) is 0 Å². The monoisotopic (exact) mass is 319 g/mol. The van der Waals surface area contributed by atoms with Gasteiger partial charge in [-0.2, -0.15) is 0 Å². The lowest BCUT2D eigenvalue weighted by Crippen LogP contribution is -2.46. The summed E-state index contributed by atoms with van der Waals surface area (Å²) in [5.74, 6) is -0.138. The van der Waals surface area contributed by atoms with Gasteiger partial charge in [0, 0.05) is 32.6 Å². The van der Waals surface area contributed by atoms with Crippen LogP contribution in [0.3, 0.4) is 0 Å². The number of halogens is 1. The normalized spacial score (nSPS) is 18.9. The molecule has 1 aliphatic heterocycles. The Kier molecular flexibility index (Phi) is 4.19. The summed E-state index contributed by atoms with van der Waals surface area (Å²) < 4.78 is 6.11. The minimum absolute atomic E-state index is 0.138. The molecule has 1 aromatic heterocycles. The van der Waals surface area contributed by atoms with Crippen LogP contribution >= 0.6 is 27.3 Å². The van der Waals surface area contributed by atoms with E-state index in [1.165, 1.54) is 11.3 Å². The number of ether oxygens (including phenoxy) is 1. The van der Waals surface area contributed by atoms with Gasteiger partial charge in [0.25, 0.3) is 5.91 Å². The molecule has 1 amide bonds. The van der Waals surface area contributed by atoms with E-state index in [1.807, 2.05) is 6.07 Å². The van der Waals surface area contributed by atoms with E-state index in [2.05, 4.69) is 21.2 Å². The number of nitrogens with one attached hydrogen (secondary N) is 1. The van der Waals surface area contributed by atoms with Crippen molar-refractivity contribution in [1.29, 1.82) is 0 Å². The first-order valence-electron chi connectivity index (χ1n) is 5.43. The first kappa shape index (κ1) is 13.0. The van der Waals surface area contributed by atoms with Crippen LogP contribution in [-0.4, -0.2) is 36.4 Å². The standard InChI is InChI=1S/C11H14BrNO3S/c12-9-2-1-8(17-9)10(14)13-7-11(15)3-5-16-6-4-11/h1-2,15H,3-7H2,(H,13,14). The van der Waals surface area contributed by atoms with Crippen molar-refractivity contribution in [2.75, 3.05) is 19.8 Å². The average Bonchev–Trinajstić information content (AvgIpc) is 2.74. The van der Waals surface area contributed by atoms with E-state index in [0.717, 1.165) is 3.79 Å². The van der Waals surface area contributed by atoms with E-state index in [0.29, 0.717) is 30.9 Å². The third kappa shape index (κ3) is 3.51. The molecular weight excluding hydrogens is 306 g/mol. The zero-order chi connectivity index (χ0) is 12.3. The molecule has 1 aliphatic rings. The van der Waals surface area contributed by atoms with Crippen LogP contribution in [0.1, 0.15) is 22.5 Å². The Morgan fingerprint density at radius 2 is 2.24 bits per heavy atom. The summed E-state index contributed by atoms with van der Waals surface area (Å²) in [7, 11) is 0. The zero-order valence-electron chi connectivity index (χ0n) is 9.24. The first-order chi connectivity index (χ1) is 8.09. The van der Waals surface area contributed by atoms with Crippen molar-refractivity contribution in [2.24, 2.45) is 0 Å². The van der Waals surface area contributed by atoms with E-state index in [4.69, 9.17) is 4.74 Å². The molecule has 0 aromatic carbocycles. The molecule has 0 spiro atoms. The van der Waals surface area contributed by atoms with Gasteiger partial charge >= 0.3 is 0 Å². The van der Waals surface area contributed by atoms with Crippen molar-refractivity contribution in [2.45, 2.75) is 18.4 Å². The summed E-state index contributed by atoms with van der Waals surface area (Å²) in [5.41, 5.74) is -0.817. The summed E-state index contributed by atoms with van der Waals surface area (Å²) in [6.07, 6.45) is 1.14. The second-order valence-electron chi connectivity index (χ2n) is 4.12. The molecule has 0 radical (unpaired) electrons. The van der Waals surface area contributed by atoms with E-state index in [-0.39, 0.29) is 12.5 Å². The topological polar surface area (TPSA) is 58.6 Å². The lowest BCUT2D eigenvalue weighted by atomic mass is 9.94. The highest BCUT2D eigenvalue weighted by Gasteiger charge is 2.30. The van der Waals surface area contributed by atoms with E-state index in [9.17, 15) is 9.90 Å². The van der Waals surface area contributed by atoms with Gasteiger partial charge in [0.05, 0.1) is 14.3 Å². The number of carbonyl (C=O) groups excluding carboxylic acids is 1. The quantitative estimate of drug-likeness (QED) is 0.893. The molecule has 0 aliphatic carbocycles. The lowest BCUT2D eigenvalue weighted by Gasteiger charge is -2.31. The Balaban J connectivity index is 1.87. The molecule has 2 N–H and O–H groups in total. The number of rotatable bonds is 3. The number of amides is 1. The summed E-state index contributed by atoms with van der Waals surface area (Å²) in [6, 6.07) is 3.60. The highest BCUT2D eigenvalue weighted by molar-refractivity contribution is 9.11. The molecule has 94 valence electrons. The first-order valence-corrected chi connectivity index (χ1v) is 7.04. The third-order valence-corrected chi connectivity index (χ3v) is 4.42. The molecule has 17 heavy (non-hydrogen) atoms.